The van der Waals surface area contributed by atoms with E-state index in [9.17, 15) is 13.2 Å². The van der Waals surface area contributed by atoms with E-state index < -0.39 is 34.5 Å². The summed E-state index contributed by atoms with van der Waals surface area (Å²) in [4.78, 5) is 26.7. The maximum absolute atomic E-state index is 13.6. The van der Waals surface area contributed by atoms with Gasteiger partial charge in [0.1, 0.15) is 11.5 Å². The van der Waals surface area contributed by atoms with Gasteiger partial charge in [-0.2, -0.15) is 13.5 Å². The molecule has 16 heteroatoms. The van der Waals surface area contributed by atoms with Gasteiger partial charge in [-0.25, -0.2) is 14.7 Å². The summed E-state index contributed by atoms with van der Waals surface area (Å²) in [5.74, 6) is 0.977. The summed E-state index contributed by atoms with van der Waals surface area (Å²) in [7, 11) is 0. The molecule has 0 fully saturated rings. The molecule has 1 amide bonds. The third kappa shape index (κ3) is 12.0. The van der Waals surface area contributed by atoms with Crippen LogP contribution < -0.4 is 27.4 Å². The number of fused-ring (bicyclic) bond motifs is 1. The van der Waals surface area contributed by atoms with Gasteiger partial charge in [-0.1, -0.05) is 79.7 Å². The maximum atomic E-state index is 13.6. The lowest BCUT2D eigenvalue weighted by Crippen LogP contribution is -2.38. The van der Waals surface area contributed by atoms with Crippen molar-refractivity contribution in [3.63, 3.8) is 0 Å². The van der Waals surface area contributed by atoms with E-state index >= 15 is 0 Å². The van der Waals surface area contributed by atoms with Crippen molar-refractivity contribution >= 4 is 56.9 Å². The van der Waals surface area contributed by atoms with Gasteiger partial charge in [0.05, 0.1) is 11.4 Å². The number of aromatic nitrogens is 3. The molecule has 0 spiro atoms. The van der Waals surface area contributed by atoms with Gasteiger partial charge in [0, 0.05) is 35.4 Å². The van der Waals surface area contributed by atoms with Crippen LogP contribution in [0.15, 0.2) is 107 Å². The molecule has 3 unspecified atom stereocenters. The Morgan fingerprint density at radius 2 is 1.49 bits per heavy atom. The highest BCUT2D eigenvalue weighted by molar-refractivity contribution is 7.82. The molecule has 63 heavy (non-hydrogen) atoms. The highest BCUT2D eigenvalue weighted by Crippen LogP contribution is 2.40. The molecule has 0 saturated carbocycles. The molecule has 0 radical (unpaired) electrons. The Hall–Kier alpha value is -5.87. The van der Waals surface area contributed by atoms with Gasteiger partial charge in [-0.15, -0.1) is 9.89 Å². The molecular weight excluding hydrogens is 837 g/mol. The number of nitrogens with zero attached hydrogens (tertiary/aromatic N) is 6. The lowest BCUT2D eigenvalue weighted by molar-refractivity contribution is -0.125. The monoisotopic (exact) mass is 894 g/mol. The minimum Gasteiger partial charge on any atom is -0.477 e. The molecule has 5 aromatic rings. The molecule has 6 rings (SSSR count). The first kappa shape index (κ1) is 46.6. The van der Waals surface area contributed by atoms with Crippen molar-refractivity contribution in [3.8, 4) is 28.6 Å². The van der Waals surface area contributed by atoms with Gasteiger partial charge in [-0.3, -0.25) is 9.52 Å². The van der Waals surface area contributed by atoms with E-state index in [1.54, 1.807) is 54.6 Å². The van der Waals surface area contributed by atoms with Gasteiger partial charge in [-0.05, 0) is 116 Å². The second-order valence-corrected chi connectivity index (χ2v) is 19.8. The summed E-state index contributed by atoms with van der Waals surface area (Å²) in [6.45, 7) is 24.7. The van der Waals surface area contributed by atoms with Crippen LogP contribution in [0.1, 0.15) is 94.0 Å². The Morgan fingerprint density at radius 1 is 0.825 bits per heavy atom. The third-order valence-corrected chi connectivity index (χ3v) is 11.6. The minimum atomic E-state index is -2.16. The molecule has 14 nitrogen and oxygen atoms in total. The molecular formula is C47H58N8O6S2. The highest BCUT2D eigenvalue weighted by atomic mass is 32.2. The Labute approximate surface area is 376 Å². The largest absolute Gasteiger partial charge is 0.477 e. The summed E-state index contributed by atoms with van der Waals surface area (Å²) in [6.07, 6.45) is -0.273. The quantitative estimate of drug-likeness (QED) is 0.0926. The van der Waals surface area contributed by atoms with E-state index in [4.69, 9.17) is 33.3 Å². The van der Waals surface area contributed by atoms with E-state index in [-0.39, 0.29) is 27.7 Å². The summed E-state index contributed by atoms with van der Waals surface area (Å²) in [5, 5.41) is 9.53. The smallest absolute Gasteiger partial charge is 0.318 e. The van der Waals surface area contributed by atoms with E-state index in [0.29, 0.717) is 28.8 Å². The molecule has 1 aliphatic heterocycles. The van der Waals surface area contributed by atoms with Gasteiger partial charge in [0.25, 0.3) is 5.91 Å². The van der Waals surface area contributed by atoms with Crippen LogP contribution in [0.4, 0.5) is 17.1 Å². The molecule has 1 aliphatic rings. The number of carbonyl (C=O) groups excluding carboxylic acids is 1. The van der Waals surface area contributed by atoms with Crippen LogP contribution in [0.2, 0.25) is 0 Å². The first-order valence-electron chi connectivity index (χ1n) is 21.0. The number of rotatable bonds is 17. The van der Waals surface area contributed by atoms with Crippen LogP contribution in [-0.4, -0.2) is 59.8 Å². The van der Waals surface area contributed by atoms with Crippen LogP contribution in [0.25, 0.3) is 11.4 Å². The van der Waals surface area contributed by atoms with Crippen molar-refractivity contribution in [2.45, 2.75) is 94.1 Å². The molecule has 3 atom stereocenters. The maximum Gasteiger partial charge on any atom is 0.318 e. The van der Waals surface area contributed by atoms with E-state index in [1.807, 2.05) is 30.3 Å². The number of para-hydroxylation sites is 1. The summed E-state index contributed by atoms with van der Waals surface area (Å²) in [6, 6.07) is 29.2. The van der Waals surface area contributed by atoms with Crippen molar-refractivity contribution in [3.05, 3.63) is 108 Å². The zero-order valence-electron chi connectivity index (χ0n) is 37.9. The van der Waals surface area contributed by atoms with Crippen molar-refractivity contribution < 1.29 is 26.3 Å². The Balaban J connectivity index is 1.18. The van der Waals surface area contributed by atoms with Crippen molar-refractivity contribution in [2.24, 2.45) is 20.9 Å². The lowest BCUT2D eigenvalue weighted by Gasteiger charge is -2.33. The average Bonchev–Trinajstić information content (AvgIpc) is 3.78. The Kier molecular flexibility index (Phi) is 14.3. The first-order valence-corrected chi connectivity index (χ1v) is 23.1. The van der Waals surface area contributed by atoms with E-state index in [2.05, 4.69) is 95.7 Å². The minimum absolute atomic E-state index is 0.0170. The number of aliphatic imine (C=N–C) groups is 1. The van der Waals surface area contributed by atoms with Crippen LogP contribution in [-0.2, 0) is 32.7 Å². The van der Waals surface area contributed by atoms with E-state index in [0.717, 1.165) is 47.7 Å². The number of ether oxygens (including phenoxy) is 1. The number of hydrogen-bond acceptors (Lipinski definition) is 11. The van der Waals surface area contributed by atoms with Crippen LogP contribution in [0.3, 0.4) is 0 Å². The topological polar surface area (TPSA) is 162 Å². The van der Waals surface area contributed by atoms with Gasteiger partial charge < -0.3 is 18.0 Å². The second kappa shape index (κ2) is 19.3. The molecule has 2 N–H and O–H groups in total. The van der Waals surface area contributed by atoms with Crippen LogP contribution in [0.5, 0.6) is 17.2 Å². The fraction of sp³-hybridized carbons (Fsp3) is 0.383. The van der Waals surface area contributed by atoms with Gasteiger partial charge in [0.15, 0.2) is 23.4 Å². The Bertz CT molecular complexity index is 2500. The molecule has 0 saturated heterocycles. The van der Waals surface area contributed by atoms with Crippen LogP contribution in [0, 0.1) is 10.8 Å². The predicted octanol–water partition coefficient (Wildman–Crippen LogP) is 9.50. The molecule has 2 heterocycles. The second-order valence-electron chi connectivity index (χ2n) is 18.1. The fourth-order valence-electron chi connectivity index (χ4n) is 7.35. The number of carbonyl (C=O) groups is 1. The van der Waals surface area contributed by atoms with Crippen molar-refractivity contribution in [1.29, 1.82) is 0 Å². The number of anilines is 2. The summed E-state index contributed by atoms with van der Waals surface area (Å²) in [5.41, 5.74) is 4.96. The highest BCUT2D eigenvalue weighted by Gasteiger charge is 2.35. The third-order valence-electron chi connectivity index (χ3n) is 10.1. The zero-order chi connectivity index (χ0) is 45.7. The Morgan fingerprint density at radius 3 is 2.11 bits per heavy atom. The normalized spacial score (nSPS) is 14.9. The number of benzene rings is 4. The van der Waals surface area contributed by atoms with Gasteiger partial charge >= 0.3 is 22.5 Å². The molecule has 0 bridgehead atoms. The molecule has 0 aliphatic carbocycles. The van der Waals surface area contributed by atoms with Crippen LogP contribution >= 0.6 is 0 Å². The first-order chi connectivity index (χ1) is 29.7. The number of amides is 1. The lowest BCUT2D eigenvalue weighted by atomic mass is 9.72. The standard InChI is InChI=1S/C47H58N8O6S2/c1-12-54(13-2)36-26-24-34(25-27-36)48-40-41(46(7,8)9)50-55-43(40)49-42(51-55)32-19-22-35(23-20-32)52-62(57)61-39-29-33(47(10,11)30-45(4,5)6)21-28-38(39)59-31(3)44(56)53-63(58)60-37-17-15-14-16-18-37/h14-29,31,52H,12-13,30H2,1-11H3,(H,53,56). The average molecular weight is 895 g/mol. The molecule has 1 aromatic heterocycles. The summed E-state index contributed by atoms with van der Waals surface area (Å²) < 4.78 is 48.7. The SMILES string of the molecule is CCN(CC)c1ccc(N=C2C(C(C)(C)C)=Nn3nc(-c4ccc(NS(=O)Oc5cc(C(C)(C)CC(C)(C)C)ccc5OC(C)C(=O)NS(=O)Oc5ccccc5)cc4)nc32)cc1. The molecule has 4 aromatic carbocycles. The van der Waals surface area contributed by atoms with Crippen molar-refractivity contribution in [1.82, 2.24) is 19.6 Å². The number of hydrogen-bond donors (Lipinski definition) is 2. The van der Waals surface area contributed by atoms with Gasteiger partial charge in [0.2, 0.25) is 5.82 Å². The van der Waals surface area contributed by atoms with E-state index in [1.165, 1.54) is 11.7 Å². The zero-order valence-corrected chi connectivity index (χ0v) is 39.5. The summed E-state index contributed by atoms with van der Waals surface area (Å²) >= 11 is -4.26. The fourth-order valence-corrected chi connectivity index (χ4v) is 8.68. The van der Waals surface area contributed by atoms with Crippen molar-refractivity contribution in [2.75, 3.05) is 22.7 Å². The number of nitrogens with one attached hydrogen (secondary N) is 2. The molecule has 334 valence electrons. The predicted molar refractivity (Wildman–Crippen MR) is 253 cm³/mol.